The molecular formula is C17H24N6O3. The molecule has 0 atom stereocenters. The molecule has 0 saturated carbocycles. The molecule has 2 heterocycles. The maximum atomic E-state index is 11.0. The van der Waals surface area contributed by atoms with Crippen molar-refractivity contribution in [2.45, 2.75) is 26.8 Å². The van der Waals surface area contributed by atoms with Crippen LogP contribution in [0, 0.1) is 0 Å². The van der Waals surface area contributed by atoms with Crippen molar-refractivity contribution in [3.05, 3.63) is 30.2 Å². The van der Waals surface area contributed by atoms with Crippen molar-refractivity contribution in [3.63, 3.8) is 0 Å². The van der Waals surface area contributed by atoms with Gasteiger partial charge in [-0.05, 0) is 25.5 Å². The summed E-state index contributed by atoms with van der Waals surface area (Å²) in [5, 5.41) is 5.51. The molecule has 0 aliphatic rings. The number of nitrogens with one attached hydrogen (secondary N) is 2. The molecule has 2 aromatic rings. The summed E-state index contributed by atoms with van der Waals surface area (Å²) in [6.07, 6.45) is 2.27. The van der Waals surface area contributed by atoms with E-state index < -0.39 is 0 Å². The van der Waals surface area contributed by atoms with E-state index in [9.17, 15) is 4.79 Å². The number of hydrogen-bond acceptors (Lipinski definition) is 6. The Kier molecular flexibility index (Phi) is 7.56. The van der Waals surface area contributed by atoms with Gasteiger partial charge in [0.1, 0.15) is 12.0 Å². The first-order chi connectivity index (χ1) is 12.6. The molecule has 2 aromatic heterocycles. The normalized spacial score (nSPS) is 11.4. The van der Waals surface area contributed by atoms with Gasteiger partial charge < -0.3 is 20.2 Å². The van der Waals surface area contributed by atoms with Crippen LogP contribution in [-0.2, 0) is 16.1 Å². The fourth-order valence-corrected chi connectivity index (χ4v) is 2.04. The Morgan fingerprint density at radius 2 is 2.19 bits per heavy atom. The van der Waals surface area contributed by atoms with E-state index in [4.69, 9.17) is 14.9 Å². The van der Waals surface area contributed by atoms with Crippen LogP contribution in [0.25, 0.3) is 11.4 Å². The van der Waals surface area contributed by atoms with Crippen LogP contribution in [0.15, 0.2) is 33.9 Å². The number of ether oxygens (including phenoxy) is 1. The monoisotopic (exact) mass is 360 g/mol. The van der Waals surface area contributed by atoms with E-state index in [-0.39, 0.29) is 17.9 Å². The molecule has 0 saturated heterocycles. The lowest BCUT2D eigenvalue weighted by molar-refractivity contribution is -0.119. The van der Waals surface area contributed by atoms with Gasteiger partial charge in [-0.1, -0.05) is 6.07 Å². The van der Waals surface area contributed by atoms with Crippen LogP contribution in [0.2, 0.25) is 0 Å². The highest BCUT2D eigenvalue weighted by molar-refractivity contribution is 5.90. The zero-order valence-electron chi connectivity index (χ0n) is 15.0. The fraction of sp³-hybridized carbons (Fsp3) is 0.412. The lowest BCUT2D eigenvalue weighted by Crippen LogP contribution is -2.23. The number of anilines is 1. The van der Waals surface area contributed by atoms with Crippen LogP contribution in [0.3, 0.4) is 0 Å². The minimum absolute atomic E-state index is 0.110. The standard InChI is InChI=1S/C17H24N6O3/c1-3-25-9-5-8-19-16(18)23-17-22-15(11-26-17)14-7-4-6-13(21-14)10-20-12(2)24/h4,6-7,11H,3,5,8-10H2,1-2H3,(H,20,24)(H3,18,19,22,23). The minimum atomic E-state index is -0.110. The van der Waals surface area contributed by atoms with Gasteiger partial charge in [0, 0.05) is 26.7 Å². The summed E-state index contributed by atoms with van der Waals surface area (Å²) in [5.74, 6) is 0.114. The molecule has 9 heteroatoms. The second-order valence-corrected chi connectivity index (χ2v) is 5.40. The molecule has 0 aliphatic heterocycles. The number of hydrogen-bond donors (Lipinski definition) is 3. The summed E-state index contributed by atoms with van der Waals surface area (Å²) in [6.45, 7) is 5.66. The van der Waals surface area contributed by atoms with Gasteiger partial charge >= 0.3 is 6.01 Å². The van der Waals surface area contributed by atoms with Gasteiger partial charge in [0.25, 0.3) is 0 Å². The van der Waals surface area contributed by atoms with Crippen LogP contribution in [-0.4, -0.2) is 41.6 Å². The van der Waals surface area contributed by atoms with E-state index in [1.54, 1.807) is 0 Å². The molecule has 26 heavy (non-hydrogen) atoms. The lowest BCUT2D eigenvalue weighted by atomic mass is 10.2. The molecule has 0 fully saturated rings. The molecular weight excluding hydrogens is 336 g/mol. The Labute approximate surface area is 152 Å². The number of rotatable bonds is 9. The van der Waals surface area contributed by atoms with Crippen LogP contribution in [0.1, 0.15) is 26.0 Å². The van der Waals surface area contributed by atoms with Gasteiger partial charge in [0.05, 0.1) is 17.9 Å². The van der Waals surface area contributed by atoms with Gasteiger partial charge in [-0.25, -0.2) is 4.98 Å². The van der Waals surface area contributed by atoms with E-state index in [1.165, 1.54) is 13.2 Å². The molecule has 140 valence electrons. The number of carbonyl (C=O) groups excluding carboxylic acids is 1. The number of guanidine groups is 1. The number of amides is 1. The third-order valence-electron chi connectivity index (χ3n) is 3.26. The molecule has 0 radical (unpaired) electrons. The first-order valence-corrected chi connectivity index (χ1v) is 8.39. The fourth-order valence-electron chi connectivity index (χ4n) is 2.04. The van der Waals surface area contributed by atoms with Crippen molar-refractivity contribution in [2.24, 2.45) is 10.7 Å². The maximum Gasteiger partial charge on any atom is 0.302 e. The van der Waals surface area contributed by atoms with E-state index in [0.29, 0.717) is 37.7 Å². The van der Waals surface area contributed by atoms with Gasteiger partial charge in [-0.2, -0.15) is 4.98 Å². The summed E-state index contributed by atoms with van der Waals surface area (Å²) in [7, 11) is 0. The Bertz CT molecular complexity index is 744. The summed E-state index contributed by atoms with van der Waals surface area (Å²) >= 11 is 0. The predicted molar refractivity (Wildman–Crippen MR) is 98.5 cm³/mol. The largest absolute Gasteiger partial charge is 0.431 e. The van der Waals surface area contributed by atoms with Crippen molar-refractivity contribution < 1.29 is 13.9 Å². The topological polar surface area (TPSA) is 128 Å². The number of oxazole rings is 1. The average molecular weight is 360 g/mol. The summed E-state index contributed by atoms with van der Waals surface area (Å²) in [4.78, 5) is 23.9. The van der Waals surface area contributed by atoms with E-state index >= 15 is 0 Å². The molecule has 0 aliphatic carbocycles. The van der Waals surface area contributed by atoms with E-state index in [1.807, 2.05) is 25.1 Å². The molecule has 1 amide bonds. The average Bonchev–Trinajstić information content (AvgIpc) is 3.08. The molecule has 0 bridgehead atoms. The molecule has 0 spiro atoms. The predicted octanol–water partition coefficient (Wildman–Crippen LogP) is 1.53. The number of aliphatic imine (C=N–C) groups is 1. The number of nitrogens with two attached hydrogens (primary N) is 1. The third kappa shape index (κ3) is 6.52. The number of nitrogens with zero attached hydrogens (tertiary/aromatic N) is 3. The van der Waals surface area contributed by atoms with Crippen LogP contribution in [0.5, 0.6) is 0 Å². The van der Waals surface area contributed by atoms with Gasteiger partial charge in [0.15, 0.2) is 5.96 Å². The number of carbonyl (C=O) groups is 1. The molecule has 0 unspecified atom stereocenters. The SMILES string of the molecule is CCOCCCN=C(N)Nc1nc(-c2cccc(CNC(C)=O)n2)co1. The molecule has 0 aromatic carbocycles. The summed E-state index contributed by atoms with van der Waals surface area (Å²) < 4.78 is 10.6. The van der Waals surface area contributed by atoms with E-state index in [2.05, 4.69) is 25.6 Å². The zero-order chi connectivity index (χ0) is 18.8. The van der Waals surface area contributed by atoms with Crippen molar-refractivity contribution >= 4 is 17.9 Å². The lowest BCUT2D eigenvalue weighted by Gasteiger charge is -2.03. The van der Waals surface area contributed by atoms with Crippen molar-refractivity contribution in [1.82, 2.24) is 15.3 Å². The van der Waals surface area contributed by atoms with Gasteiger partial charge in [-0.3, -0.25) is 15.1 Å². The first-order valence-electron chi connectivity index (χ1n) is 8.39. The van der Waals surface area contributed by atoms with Crippen molar-refractivity contribution in [1.29, 1.82) is 0 Å². The maximum absolute atomic E-state index is 11.0. The van der Waals surface area contributed by atoms with Gasteiger partial charge in [-0.15, -0.1) is 0 Å². The first kappa shape index (κ1) is 19.4. The minimum Gasteiger partial charge on any atom is -0.431 e. The summed E-state index contributed by atoms with van der Waals surface area (Å²) in [5.41, 5.74) is 7.72. The Morgan fingerprint density at radius 1 is 1.35 bits per heavy atom. The van der Waals surface area contributed by atoms with Crippen LogP contribution >= 0.6 is 0 Å². The van der Waals surface area contributed by atoms with Crippen molar-refractivity contribution in [3.8, 4) is 11.4 Å². The molecule has 2 rings (SSSR count). The highest BCUT2D eigenvalue weighted by Gasteiger charge is 2.09. The van der Waals surface area contributed by atoms with Crippen molar-refractivity contribution in [2.75, 3.05) is 25.1 Å². The molecule has 9 nitrogen and oxygen atoms in total. The second kappa shape index (κ2) is 10.1. The smallest absolute Gasteiger partial charge is 0.302 e. The molecule has 4 N–H and O–H groups in total. The van der Waals surface area contributed by atoms with Crippen LogP contribution in [0.4, 0.5) is 6.01 Å². The highest BCUT2D eigenvalue weighted by Crippen LogP contribution is 2.19. The Morgan fingerprint density at radius 3 is 2.96 bits per heavy atom. The zero-order valence-corrected chi connectivity index (χ0v) is 15.0. The number of aromatic nitrogens is 2. The Balaban J connectivity index is 1.93. The van der Waals surface area contributed by atoms with E-state index in [0.717, 1.165) is 12.1 Å². The van der Waals surface area contributed by atoms with Crippen LogP contribution < -0.4 is 16.4 Å². The highest BCUT2D eigenvalue weighted by atomic mass is 16.5. The Hall–Kier alpha value is -2.94. The number of pyridine rings is 1. The third-order valence-corrected chi connectivity index (χ3v) is 3.26. The summed E-state index contributed by atoms with van der Waals surface area (Å²) in [6, 6.07) is 5.71. The second-order valence-electron chi connectivity index (χ2n) is 5.40. The quantitative estimate of drug-likeness (QED) is 0.351. The van der Waals surface area contributed by atoms with Gasteiger partial charge in [0.2, 0.25) is 5.91 Å².